The average Bonchev–Trinajstić information content (AvgIpc) is 2.44. The first-order valence-electron chi connectivity index (χ1n) is 6.72. The van der Waals surface area contributed by atoms with Gasteiger partial charge in [0.1, 0.15) is 5.82 Å². The maximum Gasteiger partial charge on any atom is 0.186 e. The number of hydrogen-bond acceptors (Lipinski definition) is 3. The maximum atomic E-state index is 13.9. The molecule has 0 radical (unpaired) electrons. The number of aryl methyl sites for hydroxylation is 1. The summed E-state index contributed by atoms with van der Waals surface area (Å²) in [6, 6.07) is 5.26. The zero-order valence-electron chi connectivity index (χ0n) is 11.9. The van der Waals surface area contributed by atoms with Gasteiger partial charge in [0.2, 0.25) is 0 Å². The molecule has 2 aromatic rings. The molecule has 1 heterocycles. The number of aromatic nitrogens is 2. The normalized spacial score (nSPS) is 10.7. The highest BCUT2D eigenvalue weighted by Gasteiger charge is 2.12. The summed E-state index contributed by atoms with van der Waals surface area (Å²) >= 11 is 12.0. The molecule has 0 aliphatic carbocycles. The van der Waals surface area contributed by atoms with Gasteiger partial charge in [0.25, 0.3) is 0 Å². The Labute approximate surface area is 133 Å². The van der Waals surface area contributed by atoms with Gasteiger partial charge in [0.15, 0.2) is 11.6 Å². The molecule has 0 amide bonds. The summed E-state index contributed by atoms with van der Waals surface area (Å²) in [6.07, 6.45) is 1.32. The largest absolute Gasteiger partial charge is 0.368 e. The van der Waals surface area contributed by atoms with E-state index in [1.54, 1.807) is 19.1 Å². The first-order valence-corrected chi connectivity index (χ1v) is 7.47. The van der Waals surface area contributed by atoms with Crippen molar-refractivity contribution in [2.45, 2.75) is 26.7 Å². The molecule has 0 bridgehead atoms. The molecule has 21 heavy (non-hydrogen) atoms. The van der Waals surface area contributed by atoms with Crippen LogP contribution in [0.4, 0.5) is 10.2 Å². The van der Waals surface area contributed by atoms with Gasteiger partial charge >= 0.3 is 0 Å². The standard InChI is InChI=1S/C15H16Cl2FN3/c1-3-6-19-15-14(18)9(2)20-13(21-15)7-10-4-5-11(16)8-12(10)17/h4-5,8H,3,6-7H2,1-2H3,(H,19,20,21). The number of benzene rings is 1. The summed E-state index contributed by atoms with van der Waals surface area (Å²) in [7, 11) is 0. The highest BCUT2D eigenvalue weighted by Crippen LogP contribution is 2.23. The van der Waals surface area contributed by atoms with E-state index in [-0.39, 0.29) is 5.82 Å². The van der Waals surface area contributed by atoms with E-state index in [1.165, 1.54) is 0 Å². The van der Waals surface area contributed by atoms with Crippen LogP contribution in [0.25, 0.3) is 0 Å². The van der Waals surface area contributed by atoms with E-state index in [0.717, 1.165) is 12.0 Å². The van der Waals surface area contributed by atoms with Crippen LogP contribution in [0.15, 0.2) is 18.2 Å². The molecule has 6 heteroatoms. The van der Waals surface area contributed by atoms with E-state index in [9.17, 15) is 4.39 Å². The highest BCUT2D eigenvalue weighted by molar-refractivity contribution is 6.35. The number of rotatable bonds is 5. The molecule has 0 aliphatic heterocycles. The molecule has 1 N–H and O–H groups in total. The van der Waals surface area contributed by atoms with Gasteiger partial charge in [-0.2, -0.15) is 0 Å². The van der Waals surface area contributed by atoms with Gasteiger partial charge in [-0.3, -0.25) is 0 Å². The summed E-state index contributed by atoms with van der Waals surface area (Å²) in [6.45, 7) is 4.29. The Morgan fingerprint density at radius 2 is 2.00 bits per heavy atom. The molecule has 0 saturated carbocycles. The van der Waals surface area contributed by atoms with Crippen LogP contribution in [0.3, 0.4) is 0 Å². The van der Waals surface area contributed by atoms with Gasteiger partial charge in [0.05, 0.1) is 5.69 Å². The van der Waals surface area contributed by atoms with Crippen molar-refractivity contribution in [1.29, 1.82) is 0 Å². The summed E-state index contributed by atoms with van der Waals surface area (Å²) in [5, 5.41) is 4.10. The second-order valence-corrected chi connectivity index (χ2v) is 5.57. The van der Waals surface area contributed by atoms with Crippen molar-refractivity contribution in [1.82, 2.24) is 9.97 Å². The third-order valence-electron chi connectivity index (χ3n) is 2.97. The molecule has 0 atom stereocenters. The predicted octanol–water partition coefficient (Wildman–Crippen LogP) is 4.64. The van der Waals surface area contributed by atoms with Gasteiger partial charge in [-0.15, -0.1) is 0 Å². The average molecular weight is 328 g/mol. The number of nitrogens with one attached hydrogen (secondary N) is 1. The quantitative estimate of drug-likeness (QED) is 0.868. The van der Waals surface area contributed by atoms with E-state index in [4.69, 9.17) is 23.2 Å². The number of anilines is 1. The first-order chi connectivity index (χ1) is 10.0. The van der Waals surface area contributed by atoms with Gasteiger partial charge in [-0.1, -0.05) is 36.2 Å². The molecule has 3 nitrogen and oxygen atoms in total. The topological polar surface area (TPSA) is 37.8 Å². The third kappa shape index (κ3) is 4.05. The SMILES string of the molecule is CCCNc1nc(Cc2ccc(Cl)cc2Cl)nc(C)c1F. The van der Waals surface area contributed by atoms with Crippen LogP contribution in [-0.2, 0) is 6.42 Å². The number of halogens is 3. The molecule has 0 spiro atoms. The minimum Gasteiger partial charge on any atom is -0.368 e. The van der Waals surface area contributed by atoms with Crippen molar-refractivity contribution < 1.29 is 4.39 Å². The van der Waals surface area contributed by atoms with Gasteiger partial charge < -0.3 is 5.32 Å². The van der Waals surface area contributed by atoms with E-state index in [1.807, 2.05) is 13.0 Å². The van der Waals surface area contributed by atoms with Gasteiger partial charge in [0, 0.05) is 23.0 Å². The van der Waals surface area contributed by atoms with Crippen molar-refractivity contribution >= 4 is 29.0 Å². The predicted molar refractivity (Wildman–Crippen MR) is 84.8 cm³/mol. The molecule has 112 valence electrons. The van der Waals surface area contributed by atoms with Crippen LogP contribution in [0.1, 0.15) is 30.4 Å². The Hall–Kier alpha value is -1.39. The van der Waals surface area contributed by atoms with Gasteiger partial charge in [-0.05, 0) is 31.0 Å². The molecule has 0 unspecified atom stereocenters. The fourth-order valence-electron chi connectivity index (χ4n) is 1.89. The maximum absolute atomic E-state index is 13.9. The van der Waals surface area contributed by atoms with E-state index in [2.05, 4.69) is 15.3 Å². The summed E-state index contributed by atoms with van der Waals surface area (Å²) in [5.41, 5.74) is 1.18. The number of hydrogen-bond donors (Lipinski definition) is 1. The van der Waals surface area contributed by atoms with Gasteiger partial charge in [-0.25, -0.2) is 14.4 Å². The monoisotopic (exact) mass is 327 g/mol. The Kier molecular flexibility index (Phi) is 5.37. The van der Waals surface area contributed by atoms with E-state index < -0.39 is 5.82 Å². The summed E-state index contributed by atoms with van der Waals surface area (Å²) in [4.78, 5) is 8.42. The van der Waals surface area contributed by atoms with E-state index in [0.29, 0.717) is 34.5 Å². The second kappa shape index (κ2) is 7.05. The van der Waals surface area contributed by atoms with Crippen molar-refractivity contribution in [3.63, 3.8) is 0 Å². The molecule has 1 aromatic carbocycles. The van der Waals surface area contributed by atoms with Crippen molar-refractivity contribution in [3.8, 4) is 0 Å². The lowest BCUT2D eigenvalue weighted by molar-refractivity contribution is 0.600. The zero-order chi connectivity index (χ0) is 15.4. The Morgan fingerprint density at radius 3 is 2.67 bits per heavy atom. The Balaban J connectivity index is 2.29. The molecule has 0 saturated heterocycles. The zero-order valence-corrected chi connectivity index (χ0v) is 13.4. The Morgan fingerprint density at radius 1 is 1.24 bits per heavy atom. The lowest BCUT2D eigenvalue weighted by Gasteiger charge is -2.10. The third-order valence-corrected chi connectivity index (χ3v) is 3.56. The van der Waals surface area contributed by atoms with Crippen LogP contribution in [0.5, 0.6) is 0 Å². The lowest BCUT2D eigenvalue weighted by Crippen LogP contribution is -2.10. The van der Waals surface area contributed by atoms with Crippen molar-refractivity contribution in [2.24, 2.45) is 0 Å². The molecule has 1 aromatic heterocycles. The van der Waals surface area contributed by atoms with Crippen molar-refractivity contribution in [3.05, 3.63) is 51.1 Å². The van der Waals surface area contributed by atoms with Crippen LogP contribution in [0.2, 0.25) is 10.0 Å². The van der Waals surface area contributed by atoms with Crippen LogP contribution >= 0.6 is 23.2 Å². The molecular formula is C15H16Cl2FN3. The molecular weight excluding hydrogens is 312 g/mol. The number of nitrogens with zero attached hydrogens (tertiary/aromatic N) is 2. The van der Waals surface area contributed by atoms with Crippen LogP contribution in [-0.4, -0.2) is 16.5 Å². The summed E-state index contributed by atoms with van der Waals surface area (Å²) in [5.74, 6) is 0.357. The molecule has 2 rings (SSSR count). The minimum atomic E-state index is -0.408. The van der Waals surface area contributed by atoms with Crippen LogP contribution in [0, 0.1) is 12.7 Å². The first kappa shape index (κ1) is 16.0. The lowest BCUT2D eigenvalue weighted by atomic mass is 10.1. The minimum absolute atomic E-state index is 0.240. The molecule has 0 fully saturated rings. The Bertz CT molecular complexity index is 647. The van der Waals surface area contributed by atoms with Crippen LogP contribution < -0.4 is 5.32 Å². The van der Waals surface area contributed by atoms with E-state index >= 15 is 0 Å². The smallest absolute Gasteiger partial charge is 0.186 e. The molecule has 0 aliphatic rings. The summed E-state index contributed by atoms with van der Waals surface area (Å²) < 4.78 is 13.9. The fourth-order valence-corrected chi connectivity index (χ4v) is 2.37. The van der Waals surface area contributed by atoms with Crippen molar-refractivity contribution in [2.75, 3.05) is 11.9 Å². The second-order valence-electron chi connectivity index (χ2n) is 4.73. The highest BCUT2D eigenvalue weighted by atomic mass is 35.5. The fraction of sp³-hybridized carbons (Fsp3) is 0.333.